The summed E-state index contributed by atoms with van der Waals surface area (Å²) in [6.45, 7) is 11.0. The molecular formula is C16H30N2S. The van der Waals surface area contributed by atoms with E-state index in [1.165, 1.54) is 45.3 Å². The Morgan fingerprint density at radius 2 is 2.00 bits per heavy atom. The Hall–Kier alpha value is 0.270. The van der Waals surface area contributed by atoms with Gasteiger partial charge in [0.05, 0.1) is 0 Å². The lowest BCUT2D eigenvalue weighted by Crippen LogP contribution is -2.66. The minimum atomic E-state index is 0.389. The van der Waals surface area contributed by atoms with Crippen LogP contribution in [0.4, 0.5) is 0 Å². The first-order valence-electron chi connectivity index (χ1n) is 8.02. The highest BCUT2D eigenvalue weighted by Gasteiger charge is 2.50. The maximum absolute atomic E-state index is 3.89. The molecule has 0 radical (unpaired) electrons. The van der Waals surface area contributed by atoms with Gasteiger partial charge in [-0.2, -0.15) is 11.8 Å². The minimum absolute atomic E-state index is 0.389. The number of rotatable bonds is 5. The normalized spacial score (nSPS) is 38.7. The van der Waals surface area contributed by atoms with Crippen molar-refractivity contribution in [1.29, 1.82) is 0 Å². The summed E-state index contributed by atoms with van der Waals surface area (Å²) in [6.07, 6.45) is 8.06. The molecule has 3 heteroatoms. The molecule has 1 aliphatic heterocycles. The van der Waals surface area contributed by atoms with Crippen LogP contribution in [0.1, 0.15) is 46.5 Å². The molecule has 0 aromatic heterocycles. The van der Waals surface area contributed by atoms with Crippen molar-refractivity contribution < 1.29 is 0 Å². The predicted molar refractivity (Wildman–Crippen MR) is 84.8 cm³/mol. The van der Waals surface area contributed by atoms with E-state index in [2.05, 4.69) is 49.0 Å². The predicted octanol–water partition coefficient (Wildman–Crippen LogP) is 2.98. The van der Waals surface area contributed by atoms with Crippen LogP contribution in [0.15, 0.2) is 0 Å². The Labute approximate surface area is 123 Å². The molecule has 2 atom stereocenters. The number of thioether (sulfide) groups is 1. The fourth-order valence-corrected chi connectivity index (χ4v) is 4.63. The number of hydrogen-bond donors (Lipinski definition) is 1. The van der Waals surface area contributed by atoms with Gasteiger partial charge in [0.1, 0.15) is 0 Å². The van der Waals surface area contributed by atoms with Gasteiger partial charge in [0.15, 0.2) is 0 Å². The van der Waals surface area contributed by atoms with Crippen molar-refractivity contribution in [1.82, 2.24) is 10.2 Å². The summed E-state index contributed by atoms with van der Waals surface area (Å²) in [5.74, 6) is 1.70. The van der Waals surface area contributed by atoms with Crippen molar-refractivity contribution in [2.75, 3.05) is 25.9 Å². The average Bonchev–Trinajstić information content (AvgIpc) is 3.24. The molecule has 0 bridgehead atoms. The SMILES string of the molecule is CSC1(CN2CC(C)(C3CC3)NCC2C(C)C)CC1. The zero-order chi connectivity index (χ0) is 13.7. The van der Waals surface area contributed by atoms with Crippen LogP contribution >= 0.6 is 11.8 Å². The Bertz CT molecular complexity index is 336. The second-order valence-corrected chi connectivity index (χ2v) is 8.95. The van der Waals surface area contributed by atoms with Crippen LogP contribution in [0.25, 0.3) is 0 Å². The molecule has 2 saturated carbocycles. The van der Waals surface area contributed by atoms with E-state index < -0.39 is 0 Å². The van der Waals surface area contributed by atoms with Crippen molar-refractivity contribution in [3.63, 3.8) is 0 Å². The molecule has 1 saturated heterocycles. The van der Waals surface area contributed by atoms with Crippen LogP contribution in [0.2, 0.25) is 0 Å². The monoisotopic (exact) mass is 282 g/mol. The molecule has 0 aromatic rings. The number of hydrogen-bond acceptors (Lipinski definition) is 3. The van der Waals surface area contributed by atoms with E-state index >= 15 is 0 Å². The summed E-state index contributed by atoms with van der Waals surface area (Å²) in [7, 11) is 0. The zero-order valence-electron chi connectivity index (χ0n) is 13.0. The first kappa shape index (κ1) is 14.2. The van der Waals surface area contributed by atoms with Gasteiger partial charge in [0.2, 0.25) is 0 Å². The van der Waals surface area contributed by atoms with E-state index in [4.69, 9.17) is 0 Å². The topological polar surface area (TPSA) is 15.3 Å². The van der Waals surface area contributed by atoms with Gasteiger partial charge in [-0.3, -0.25) is 4.90 Å². The first-order chi connectivity index (χ1) is 8.98. The minimum Gasteiger partial charge on any atom is -0.308 e. The Balaban J connectivity index is 1.71. The van der Waals surface area contributed by atoms with Crippen LogP contribution in [0, 0.1) is 11.8 Å². The summed E-state index contributed by atoms with van der Waals surface area (Å²) in [5, 5.41) is 3.89. The van der Waals surface area contributed by atoms with Crippen molar-refractivity contribution in [2.45, 2.75) is 62.8 Å². The molecule has 3 fully saturated rings. The number of nitrogens with one attached hydrogen (secondary N) is 1. The van der Waals surface area contributed by atoms with Crippen molar-refractivity contribution in [3.05, 3.63) is 0 Å². The standard InChI is InChI=1S/C16H30N2S/c1-12(2)14-9-17-15(3,13-5-6-13)10-18(14)11-16(19-4)7-8-16/h12-14,17H,5-11H2,1-4H3. The van der Waals surface area contributed by atoms with Crippen LogP contribution in [0.3, 0.4) is 0 Å². The van der Waals surface area contributed by atoms with Crippen LogP contribution in [-0.4, -0.2) is 47.1 Å². The Morgan fingerprint density at radius 1 is 1.32 bits per heavy atom. The third kappa shape index (κ3) is 2.84. The summed E-state index contributed by atoms with van der Waals surface area (Å²) in [6, 6.07) is 0.733. The van der Waals surface area contributed by atoms with Gasteiger partial charge in [-0.25, -0.2) is 0 Å². The molecule has 19 heavy (non-hydrogen) atoms. The molecule has 3 aliphatic rings. The fourth-order valence-electron chi connectivity index (χ4n) is 3.82. The fraction of sp³-hybridized carbons (Fsp3) is 1.00. The van der Waals surface area contributed by atoms with Crippen LogP contribution < -0.4 is 5.32 Å². The smallest absolute Gasteiger partial charge is 0.0309 e. The highest BCUT2D eigenvalue weighted by Crippen LogP contribution is 2.49. The Kier molecular flexibility index (Phi) is 3.68. The maximum Gasteiger partial charge on any atom is 0.0309 e. The van der Waals surface area contributed by atoms with E-state index in [0.717, 1.165) is 17.9 Å². The third-order valence-electron chi connectivity index (χ3n) is 5.70. The van der Waals surface area contributed by atoms with E-state index in [9.17, 15) is 0 Å². The quantitative estimate of drug-likeness (QED) is 0.834. The van der Waals surface area contributed by atoms with Gasteiger partial charge < -0.3 is 5.32 Å². The molecule has 110 valence electrons. The molecule has 3 rings (SSSR count). The maximum atomic E-state index is 3.89. The molecule has 2 unspecified atom stereocenters. The van der Waals surface area contributed by atoms with E-state index in [1.807, 2.05) is 0 Å². The van der Waals surface area contributed by atoms with Gasteiger partial charge >= 0.3 is 0 Å². The summed E-state index contributed by atoms with van der Waals surface area (Å²) in [4.78, 5) is 2.84. The van der Waals surface area contributed by atoms with E-state index in [-0.39, 0.29) is 0 Å². The highest BCUT2D eigenvalue weighted by atomic mass is 32.2. The second-order valence-electron chi connectivity index (χ2n) is 7.68. The summed E-state index contributed by atoms with van der Waals surface area (Å²) in [5.41, 5.74) is 0.389. The summed E-state index contributed by atoms with van der Waals surface area (Å²) < 4.78 is 0.606. The number of nitrogens with zero attached hydrogens (tertiary/aromatic N) is 1. The van der Waals surface area contributed by atoms with E-state index in [1.54, 1.807) is 0 Å². The second kappa shape index (κ2) is 4.92. The Morgan fingerprint density at radius 3 is 2.47 bits per heavy atom. The van der Waals surface area contributed by atoms with Crippen LogP contribution in [-0.2, 0) is 0 Å². The molecular weight excluding hydrogens is 252 g/mol. The molecule has 1 heterocycles. The van der Waals surface area contributed by atoms with Gasteiger partial charge in [-0.05, 0) is 50.7 Å². The van der Waals surface area contributed by atoms with Gasteiger partial charge in [0.25, 0.3) is 0 Å². The average molecular weight is 282 g/mol. The molecule has 0 aromatic carbocycles. The lowest BCUT2D eigenvalue weighted by Gasteiger charge is -2.49. The molecule has 2 aliphatic carbocycles. The molecule has 0 amide bonds. The van der Waals surface area contributed by atoms with Crippen molar-refractivity contribution in [3.8, 4) is 0 Å². The molecule has 1 N–H and O–H groups in total. The van der Waals surface area contributed by atoms with Crippen molar-refractivity contribution >= 4 is 11.8 Å². The lowest BCUT2D eigenvalue weighted by molar-refractivity contribution is 0.0514. The van der Waals surface area contributed by atoms with Gasteiger partial charge in [0, 0.05) is 36.0 Å². The lowest BCUT2D eigenvalue weighted by atomic mass is 9.88. The first-order valence-corrected chi connectivity index (χ1v) is 9.25. The number of piperazine rings is 1. The van der Waals surface area contributed by atoms with Crippen LogP contribution in [0.5, 0.6) is 0 Å². The summed E-state index contributed by atoms with van der Waals surface area (Å²) >= 11 is 2.11. The zero-order valence-corrected chi connectivity index (χ0v) is 13.9. The molecule has 2 nitrogen and oxygen atoms in total. The van der Waals surface area contributed by atoms with E-state index in [0.29, 0.717) is 10.3 Å². The van der Waals surface area contributed by atoms with Crippen molar-refractivity contribution in [2.24, 2.45) is 11.8 Å². The van der Waals surface area contributed by atoms with Gasteiger partial charge in [-0.15, -0.1) is 0 Å². The third-order valence-corrected chi connectivity index (χ3v) is 7.10. The largest absolute Gasteiger partial charge is 0.308 e. The van der Waals surface area contributed by atoms with Gasteiger partial charge in [-0.1, -0.05) is 13.8 Å². The molecule has 0 spiro atoms. The highest BCUT2D eigenvalue weighted by molar-refractivity contribution is 8.00.